The Labute approximate surface area is 156 Å². The van der Waals surface area contributed by atoms with Crippen molar-refractivity contribution in [2.75, 3.05) is 50.5 Å². The number of amides is 2. The van der Waals surface area contributed by atoms with E-state index in [1.54, 1.807) is 11.9 Å². The Kier molecular flexibility index (Phi) is 6.14. The minimum atomic E-state index is -0.551. The van der Waals surface area contributed by atoms with Crippen LogP contribution in [0.15, 0.2) is 24.3 Å². The summed E-state index contributed by atoms with van der Waals surface area (Å²) in [6, 6.07) is 7.97. The summed E-state index contributed by atoms with van der Waals surface area (Å²) in [6.45, 7) is 4.13. The van der Waals surface area contributed by atoms with Crippen molar-refractivity contribution in [1.82, 2.24) is 9.80 Å². The molecule has 6 heteroatoms. The zero-order valence-corrected chi connectivity index (χ0v) is 15.9. The summed E-state index contributed by atoms with van der Waals surface area (Å²) in [6.07, 6.45) is 5.49. The first-order chi connectivity index (χ1) is 12.5. The standard InChI is InChI=1S/C20H30N4O2/c1-22-12-14-24(15-13-22)18-10-8-16(9-11-18)21-19(25)20(26)23(2)17-6-4-3-5-7-17/h8-11,17H,3-7,12-15H2,1-2H3,(H,21,25). The van der Waals surface area contributed by atoms with Crippen LogP contribution in [-0.2, 0) is 9.59 Å². The monoisotopic (exact) mass is 358 g/mol. The largest absolute Gasteiger partial charge is 0.369 e. The topological polar surface area (TPSA) is 55.9 Å². The van der Waals surface area contributed by atoms with Crippen LogP contribution in [0.1, 0.15) is 32.1 Å². The second-order valence-electron chi connectivity index (χ2n) is 7.50. The third-order valence-electron chi connectivity index (χ3n) is 5.63. The highest BCUT2D eigenvalue weighted by molar-refractivity contribution is 6.39. The van der Waals surface area contributed by atoms with Gasteiger partial charge in [-0.3, -0.25) is 9.59 Å². The molecule has 1 aliphatic carbocycles. The molecule has 0 atom stereocenters. The van der Waals surface area contributed by atoms with E-state index in [9.17, 15) is 9.59 Å². The van der Waals surface area contributed by atoms with Gasteiger partial charge < -0.3 is 20.0 Å². The van der Waals surface area contributed by atoms with E-state index in [4.69, 9.17) is 0 Å². The molecule has 1 saturated heterocycles. The molecule has 0 radical (unpaired) electrons. The third-order valence-corrected chi connectivity index (χ3v) is 5.63. The van der Waals surface area contributed by atoms with E-state index in [1.165, 1.54) is 6.42 Å². The SMILES string of the molecule is CN1CCN(c2ccc(NC(=O)C(=O)N(C)C3CCCCC3)cc2)CC1. The van der Waals surface area contributed by atoms with Crippen molar-refractivity contribution in [2.45, 2.75) is 38.1 Å². The number of carbonyl (C=O) groups excluding carboxylic acids is 2. The van der Waals surface area contributed by atoms with Crippen molar-refractivity contribution in [3.63, 3.8) is 0 Å². The summed E-state index contributed by atoms with van der Waals surface area (Å²) in [7, 11) is 3.88. The Morgan fingerprint density at radius 2 is 1.62 bits per heavy atom. The van der Waals surface area contributed by atoms with Gasteiger partial charge in [0.15, 0.2) is 0 Å². The third kappa shape index (κ3) is 4.55. The number of hydrogen-bond donors (Lipinski definition) is 1. The Morgan fingerprint density at radius 1 is 1.00 bits per heavy atom. The second-order valence-corrected chi connectivity index (χ2v) is 7.50. The maximum absolute atomic E-state index is 12.4. The van der Waals surface area contributed by atoms with E-state index in [0.717, 1.165) is 57.5 Å². The highest BCUT2D eigenvalue weighted by Gasteiger charge is 2.26. The van der Waals surface area contributed by atoms with Crippen molar-refractivity contribution < 1.29 is 9.59 Å². The molecule has 0 bridgehead atoms. The zero-order chi connectivity index (χ0) is 18.5. The van der Waals surface area contributed by atoms with Crippen LogP contribution in [0, 0.1) is 0 Å². The van der Waals surface area contributed by atoms with E-state index in [0.29, 0.717) is 5.69 Å². The van der Waals surface area contributed by atoms with Crippen LogP contribution in [0.2, 0.25) is 0 Å². The lowest BCUT2D eigenvalue weighted by atomic mass is 9.94. The van der Waals surface area contributed by atoms with Crippen LogP contribution in [0.25, 0.3) is 0 Å². The molecule has 0 unspecified atom stereocenters. The molecule has 2 amide bonds. The predicted molar refractivity (Wildman–Crippen MR) is 104 cm³/mol. The predicted octanol–water partition coefficient (Wildman–Crippen LogP) is 2.17. The molecule has 1 aromatic rings. The zero-order valence-electron chi connectivity index (χ0n) is 15.9. The second kappa shape index (κ2) is 8.54. The van der Waals surface area contributed by atoms with Crippen LogP contribution in [0.5, 0.6) is 0 Å². The lowest BCUT2D eigenvalue weighted by Crippen LogP contribution is -2.44. The lowest BCUT2D eigenvalue weighted by molar-refractivity contribution is -0.144. The van der Waals surface area contributed by atoms with Gasteiger partial charge >= 0.3 is 11.8 Å². The summed E-state index contributed by atoms with van der Waals surface area (Å²) < 4.78 is 0. The number of likely N-dealkylation sites (N-methyl/N-ethyl adjacent to an activating group) is 2. The molecule has 0 aromatic heterocycles. The number of benzene rings is 1. The van der Waals surface area contributed by atoms with E-state index in [2.05, 4.69) is 22.2 Å². The van der Waals surface area contributed by atoms with Gasteiger partial charge in [-0.05, 0) is 44.2 Å². The van der Waals surface area contributed by atoms with Gasteiger partial charge in [0.25, 0.3) is 0 Å². The van der Waals surface area contributed by atoms with Gasteiger partial charge in [-0.2, -0.15) is 0 Å². The summed E-state index contributed by atoms with van der Waals surface area (Å²) >= 11 is 0. The van der Waals surface area contributed by atoms with Crippen molar-refractivity contribution in [3.8, 4) is 0 Å². The average Bonchev–Trinajstić information content (AvgIpc) is 2.69. The van der Waals surface area contributed by atoms with E-state index >= 15 is 0 Å². The summed E-state index contributed by atoms with van der Waals surface area (Å²) in [4.78, 5) is 31.0. The maximum atomic E-state index is 12.4. The highest BCUT2D eigenvalue weighted by Crippen LogP contribution is 2.22. The number of carbonyl (C=O) groups is 2. The minimum absolute atomic E-state index is 0.196. The molecule has 2 fully saturated rings. The van der Waals surface area contributed by atoms with Gasteiger partial charge in [0, 0.05) is 50.6 Å². The van der Waals surface area contributed by atoms with Crippen molar-refractivity contribution in [1.29, 1.82) is 0 Å². The average molecular weight is 358 g/mol. The van der Waals surface area contributed by atoms with Gasteiger partial charge in [-0.15, -0.1) is 0 Å². The summed E-state index contributed by atoms with van der Waals surface area (Å²) in [5.74, 6) is -0.995. The summed E-state index contributed by atoms with van der Waals surface area (Å²) in [5, 5.41) is 2.74. The number of rotatable bonds is 3. The Morgan fingerprint density at radius 3 is 2.23 bits per heavy atom. The molecule has 142 valence electrons. The van der Waals surface area contributed by atoms with E-state index in [1.807, 2.05) is 24.3 Å². The fraction of sp³-hybridized carbons (Fsp3) is 0.600. The molecule has 26 heavy (non-hydrogen) atoms. The van der Waals surface area contributed by atoms with Crippen molar-refractivity contribution in [3.05, 3.63) is 24.3 Å². The Balaban J connectivity index is 1.54. The Hall–Kier alpha value is -2.08. The van der Waals surface area contributed by atoms with Gasteiger partial charge in [-0.1, -0.05) is 19.3 Å². The molecule has 1 saturated carbocycles. The van der Waals surface area contributed by atoms with Crippen LogP contribution in [0.3, 0.4) is 0 Å². The number of anilines is 2. The van der Waals surface area contributed by atoms with Gasteiger partial charge in [0.2, 0.25) is 0 Å². The quantitative estimate of drug-likeness (QED) is 0.842. The smallest absolute Gasteiger partial charge is 0.313 e. The van der Waals surface area contributed by atoms with Crippen molar-refractivity contribution in [2.24, 2.45) is 0 Å². The molecule has 1 aromatic carbocycles. The van der Waals surface area contributed by atoms with Crippen LogP contribution >= 0.6 is 0 Å². The van der Waals surface area contributed by atoms with E-state index in [-0.39, 0.29) is 6.04 Å². The highest BCUT2D eigenvalue weighted by atomic mass is 16.2. The molecule has 1 heterocycles. The number of nitrogens with zero attached hydrogens (tertiary/aromatic N) is 3. The number of piperazine rings is 1. The molecule has 1 N–H and O–H groups in total. The molecular weight excluding hydrogens is 328 g/mol. The van der Waals surface area contributed by atoms with Crippen LogP contribution < -0.4 is 10.2 Å². The number of hydrogen-bond acceptors (Lipinski definition) is 4. The molecule has 0 spiro atoms. The molecule has 3 rings (SSSR count). The first-order valence-electron chi connectivity index (χ1n) is 9.66. The lowest BCUT2D eigenvalue weighted by Gasteiger charge is -2.34. The summed E-state index contributed by atoms with van der Waals surface area (Å²) in [5.41, 5.74) is 1.82. The fourth-order valence-electron chi connectivity index (χ4n) is 3.80. The minimum Gasteiger partial charge on any atom is -0.369 e. The van der Waals surface area contributed by atoms with E-state index < -0.39 is 11.8 Å². The normalized spacial score (nSPS) is 19.2. The van der Waals surface area contributed by atoms with Crippen LogP contribution in [0.4, 0.5) is 11.4 Å². The van der Waals surface area contributed by atoms with Gasteiger partial charge in [-0.25, -0.2) is 0 Å². The van der Waals surface area contributed by atoms with Crippen LogP contribution in [-0.4, -0.2) is 67.9 Å². The first kappa shape index (κ1) is 18.7. The fourth-order valence-corrected chi connectivity index (χ4v) is 3.80. The first-order valence-corrected chi connectivity index (χ1v) is 9.66. The Bertz CT molecular complexity index is 617. The van der Waals surface area contributed by atoms with Gasteiger partial charge in [0.1, 0.15) is 0 Å². The maximum Gasteiger partial charge on any atom is 0.313 e. The molecule has 2 aliphatic rings. The van der Waals surface area contributed by atoms with Crippen molar-refractivity contribution >= 4 is 23.2 Å². The number of nitrogens with one attached hydrogen (secondary N) is 1. The van der Waals surface area contributed by atoms with Gasteiger partial charge in [0.05, 0.1) is 0 Å². The molecule has 1 aliphatic heterocycles. The molecular formula is C20H30N4O2. The molecule has 6 nitrogen and oxygen atoms in total.